The van der Waals surface area contributed by atoms with Crippen LogP contribution in [0.2, 0.25) is 5.02 Å². The number of para-hydroxylation sites is 1. The van der Waals surface area contributed by atoms with E-state index in [1.54, 1.807) is 54.1 Å². The van der Waals surface area contributed by atoms with Gasteiger partial charge in [-0.05, 0) is 37.3 Å². The number of ether oxygens (including phenoxy) is 1. The molecule has 0 saturated carbocycles. The number of nitrogens with zero attached hydrogens (tertiary/aromatic N) is 1. The fraction of sp³-hybridized carbons (Fsp3) is 0.0909. The van der Waals surface area contributed by atoms with E-state index in [9.17, 15) is 9.59 Å². The Morgan fingerprint density at radius 1 is 1.07 bits per heavy atom. The Bertz CT molecular complexity index is 1030. The van der Waals surface area contributed by atoms with Crippen LogP contribution in [0.3, 0.4) is 0 Å². The van der Waals surface area contributed by atoms with Crippen molar-refractivity contribution in [2.45, 2.75) is 6.92 Å². The van der Waals surface area contributed by atoms with Crippen molar-refractivity contribution in [1.82, 2.24) is 4.57 Å². The van der Waals surface area contributed by atoms with Crippen LogP contribution in [0.1, 0.15) is 22.8 Å². The van der Waals surface area contributed by atoms with E-state index < -0.39 is 0 Å². The lowest BCUT2D eigenvalue weighted by Crippen LogP contribution is -2.10. The maximum atomic E-state index is 12.9. The van der Waals surface area contributed by atoms with Gasteiger partial charge in [0.1, 0.15) is 0 Å². The number of carbonyl (C=O) groups excluding carboxylic acids is 2. The van der Waals surface area contributed by atoms with Gasteiger partial charge in [0, 0.05) is 33.8 Å². The third-order valence-electron chi connectivity index (χ3n) is 3.96. The predicted octanol–water partition coefficient (Wildman–Crippen LogP) is 5.12. The zero-order valence-electron chi connectivity index (χ0n) is 14.8. The fourth-order valence-corrected chi connectivity index (χ4v) is 2.85. The monoisotopic (exact) mass is 379 g/mol. The van der Waals surface area contributed by atoms with Gasteiger partial charge >= 0.3 is 5.97 Å². The SMILES string of the molecule is CCOC(=O)C=CC=Cc1cn(C(=O)c2ccc(Cl)cc2)c2ccccc12. The van der Waals surface area contributed by atoms with Gasteiger partial charge in [0.25, 0.3) is 5.91 Å². The lowest BCUT2D eigenvalue weighted by atomic mass is 10.1. The first-order valence-electron chi connectivity index (χ1n) is 8.52. The summed E-state index contributed by atoms with van der Waals surface area (Å²) in [6, 6.07) is 14.5. The number of allylic oxidation sites excluding steroid dienone is 2. The summed E-state index contributed by atoms with van der Waals surface area (Å²) in [6.45, 7) is 2.10. The van der Waals surface area contributed by atoms with Crippen LogP contribution >= 0.6 is 11.6 Å². The largest absolute Gasteiger partial charge is 0.463 e. The van der Waals surface area contributed by atoms with Crippen molar-refractivity contribution in [1.29, 1.82) is 0 Å². The highest BCUT2D eigenvalue weighted by atomic mass is 35.5. The van der Waals surface area contributed by atoms with Gasteiger partial charge in [-0.25, -0.2) is 4.79 Å². The fourth-order valence-electron chi connectivity index (χ4n) is 2.72. The Kier molecular flexibility index (Phi) is 5.89. The first-order chi connectivity index (χ1) is 13.1. The minimum atomic E-state index is -0.387. The van der Waals surface area contributed by atoms with Crippen LogP contribution < -0.4 is 0 Å². The average molecular weight is 380 g/mol. The van der Waals surface area contributed by atoms with Crippen molar-refractivity contribution in [2.24, 2.45) is 0 Å². The summed E-state index contributed by atoms with van der Waals surface area (Å²) in [5.41, 5.74) is 2.24. The molecule has 0 aliphatic carbocycles. The topological polar surface area (TPSA) is 48.3 Å². The summed E-state index contributed by atoms with van der Waals surface area (Å²) in [4.78, 5) is 24.2. The molecule has 0 radical (unpaired) electrons. The van der Waals surface area contributed by atoms with E-state index in [4.69, 9.17) is 16.3 Å². The molecular formula is C22H18ClNO3. The van der Waals surface area contributed by atoms with E-state index in [-0.39, 0.29) is 11.9 Å². The highest BCUT2D eigenvalue weighted by Crippen LogP contribution is 2.24. The molecule has 0 amide bonds. The third-order valence-corrected chi connectivity index (χ3v) is 4.21. The second-order valence-electron chi connectivity index (χ2n) is 5.75. The van der Waals surface area contributed by atoms with Gasteiger partial charge in [-0.3, -0.25) is 9.36 Å². The van der Waals surface area contributed by atoms with Crippen molar-refractivity contribution < 1.29 is 14.3 Å². The molecular weight excluding hydrogens is 362 g/mol. The molecule has 3 aromatic rings. The number of benzene rings is 2. The molecule has 1 aromatic heterocycles. The number of aromatic nitrogens is 1. The third kappa shape index (κ3) is 4.36. The highest BCUT2D eigenvalue weighted by molar-refractivity contribution is 6.30. The number of hydrogen-bond donors (Lipinski definition) is 0. The van der Waals surface area contributed by atoms with E-state index >= 15 is 0 Å². The van der Waals surface area contributed by atoms with Gasteiger partial charge in [-0.15, -0.1) is 0 Å². The van der Waals surface area contributed by atoms with E-state index in [2.05, 4.69) is 0 Å². The molecule has 0 atom stereocenters. The van der Waals surface area contributed by atoms with Crippen LogP contribution in [0.4, 0.5) is 0 Å². The number of esters is 1. The van der Waals surface area contributed by atoms with Gasteiger partial charge < -0.3 is 4.74 Å². The van der Waals surface area contributed by atoms with E-state index in [1.807, 2.05) is 30.3 Å². The second-order valence-corrected chi connectivity index (χ2v) is 6.19. The summed E-state index contributed by atoms with van der Waals surface area (Å²) >= 11 is 5.91. The smallest absolute Gasteiger partial charge is 0.330 e. The number of fused-ring (bicyclic) bond motifs is 1. The molecule has 5 heteroatoms. The lowest BCUT2D eigenvalue weighted by Gasteiger charge is -2.04. The minimum absolute atomic E-state index is 0.135. The first kappa shape index (κ1) is 18.7. The zero-order chi connectivity index (χ0) is 19.2. The predicted molar refractivity (Wildman–Crippen MR) is 108 cm³/mol. The summed E-state index contributed by atoms with van der Waals surface area (Å²) in [5.74, 6) is -0.521. The molecule has 0 bridgehead atoms. The Labute approximate surface area is 162 Å². The van der Waals surface area contributed by atoms with Crippen LogP contribution in [0.5, 0.6) is 0 Å². The molecule has 27 heavy (non-hydrogen) atoms. The van der Waals surface area contributed by atoms with Gasteiger partial charge in [-0.1, -0.05) is 48.0 Å². The van der Waals surface area contributed by atoms with Gasteiger partial charge in [0.15, 0.2) is 0 Å². The van der Waals surface area contributed by atoms with Crippen molar-refractivity contribution in [3.05, 3.63) is 89.1 Å². The van der Waals surface area contributed by atoms with Gasteiger partial charge in [0.2, 0.25) is 0 Å². The molecule has 4 nitrogen and oxygen atoms in total. The Morgan fingerprint density at radius 3 is 2.56 bits per heavy atom. The van der Waals surface area contributed by atoms with Crippen LogP contribution in [-0.2, 0) is 9.53 Å². The van der Waals surface area contributed by atoms with Crippen LogP contribution in [0, 0.1) is 0 Å². The second kappa shape index (κ2) is 8.52. The Morgan fingerprint density at radius 2 is 1.81 bits per heavy atom. The van der Waals surface area contributed by atoms with Crippen molar-refractivity contribution in [3.8, 4) is 0 Å². The summed E-state index contributed by atoms with van der Waals surface area (Å²) in [5, 5.41) is 1.53. The maximum absolute atomic E-state index is 12.9. The molecule has 3 rings (SSSR count). The number of carbonyl (C=O) groups is 2. The number of rotatable bonds is 5. The zero-order valence-corrected chi connectivity index (χ0v) is 15.5. The Balaban J connectivity index is 1.93. The van der Waals surface area contributed by atoms with Gasteiger partial charge in [0.05, 0.1) is 12.1 Å². The summed E-state index contributed by atoms with van der Waals surface area (Å²) in [7, 11) is 0. The molecule has 0 saturated heterocycles. The number of hydrogen-bond acceptors (Lipinski definition) is 3. The molecule has 0 aliphatic rings. The molecule has 2 aromatic carbocycles. The first-order valence-corrected chi connectivity index (χ1v) is 8.90. The van der Waals surface area contributed by atoms with Crippen LogP contribution in [0.25, 0.3) is 17.0 Å². The average Bonchev–Trinajstić information content (AvgIpc) is 3.04. The molecule has 0 aliphatic heterocycles. The van der Waals surface area contributed by atoms with Crippen molar-refractivity contribution >= 4 is 40.5 Å². The maximum Gasteiger partial charge on any atom is 0.330 e. The van der Waals surface area contributed by atoms with Gasteiger partial charge in [-0.2, -0.15) is 0 Å². The Hall–Kier alpha value is -3.11. The van der Waals surface area contributed by atoms with Crippen LogP contribution in [0.15, 0.2) is 73.0 Å². The lowest BCUT2D eigenvalue weighted by molar-refractivity contribution is -0.137. The highest BCUT2D eigenvalue weighted by Gasteiger charge is 2.13. The van der Waals surface area contributed by atoms with E-state index in [0.29, 0.717) is 17.2 Å². The normalized spacial score (nSPS) is 11.5. The van der Waals surface area contributed by atoms with E-state index in [1.165, 1.54) is 6.08 Å². The molecule has 136 valence electrons. The quantitative estimate of drug-likeness (QED) is 0.351. The molecule has 0 unspecified atom stereocenters. The van der Waals surface area contributed by atoms with Crippen molar-refractivity contribution in [3.63, 3.8) is 0 Å². The molecule has 0 fully saturated rings. The summed E-state index contributed by atoms with van der Waals surface area (Å²) in [6.07, 6.45) is 8.36. The summed E-state index contributed by atoms with van der Waals surface area (Å²) < 4.78 is 6.46. The minimum Gasteiger partial charge on any atom is -0.463 e. The van der Waals surface area contributed by atoms with E-state index in [0.717, 1.165) is 16.5 Å². The number of halogens is 1. The molecule has 0 N–H and O–H groups in total. The van der Waals surface area contributed by atoms with Crippen LogP contribution in [-0.4, -0.2) is 23.1 Å². The standard InChI is InChI=1S/C22H18ClNO3/c1-2-27-21(25)10-6-3-7-17-15-24(20-9-5-4-8-19(17)20)22(26)16-11-13-18(23)14-12-16/h3-15H,2H2,1H3. The molecule has 1 heterocycles. The van der Waals surface area contributed by atoms with Crippen molar-refractivity contribution in [2.75, 3.05) is 6.61 Å². The molecule has 0 spiro atoms.